The van der Waals surface area contributed by atoms with Crippen LogP contribution in [0.25, 0.3) is 10.7 Å². The fourth-order valence-electron chi connectivity index (χ4n) is 3.71. The van der Waals surface area contributed by atoms with E-state index in [0.717, 1.165) is 17.7 Å². The first-order valence-corrected chi connectivity index (χ1v) is 10.8. The van der Waals surface area contributed by atoms with Gasteiger partial charge in [0.05, 0.1) is 17.5 Å². The summed E-state index contributed by atoms with van der Waals surface area (Å²) in [6, 6.07) is 9.30. The lowest BCUT2D eigenvalue weighted by atomic mass is 10.2. The van der Waals surface area contributed by atoms with E-state index < -0.39 is 0 Å². The maximum Gasteiger partial charge on any atom is 0.260 e. The summed E-state index contributed by atoms with van der Waals surface area (Å²) in [7, 11) is 0. The van der Waals surface area contributed by atoms with Crippen LogP contribution in [-0.2, 0) is 11.3 Å². The number of hydrogen-bond donors (Lipinski definition) is 0. The molecule has 2 aliphatic heterocycles. The molecule has 0 unspecified atom stereocenters. The summed E-state index contributed by atoms with van der Waals surface area (Å²) < 4.78 is 16.8. The summed E-state index contributed by atoms with van der Waals surface area (Å²) in [5.74, 6) is 2.49. The number of amides is 1. The molecule has 1 atom stereocenters. The Hall–Kier alpha value is -3.14. The first kappa shape index (κ1) is 18.9. The largest absolute Gasteiger partial charge is 0.486 e. The second-order valence-corrected chi connectivity index (χ2v) is 8.07. The Morgan fingerprint density at radius 1 is 1.23 bits per heavy atom. The fraction of sp³-hybridized carbons (Fsp3) is 0.400. The molecule has 0 bridgehead atoms. The molecule has 10 heteroatoms. The average molecular weight is 427 g/mol. The van der Waals surface area contributed by atoms with Crippen LogP contribution in [0.5, 0.6) is 17.2 Å². The zero-order valence-electron chi connectivity index (χ0n) is 16.3. The third-order valence-electron chi connectivity index (χ3n) is 5.14. The van der Waals surface area contributed by atoms with Gasteiger partial charge in [0.25, 0.3) is 5.91 Å². The van der Waals surface area contributed by atoms with Gasteiger partial charge in [0.15, 0.2) is 18.1 Å². The van der Waals surface area contributed by atoms with Gasteiger partial charge in [0.2, 0.25) is 5.82 Å². The Labute approximate surface area is 177 Å². The molecule has 4 heterocycles. The lowest BCUT2D eigenvalue weighted by molar-refractivity contribution is -0.134. The van der Waals surface area contributed by atoms with Crippen molar-refractivity contribution >= 4 is 17.2 Å². The Morgan fingerprint density at radius 2 is 2.13 bits per heavy atom. The van der Waals surface area contributed by atoms with Crippen molar-refractivity contribution in [1.82, 2.24) is 25.1 Å². The number of carbonyl (C=O) groups excluding carboxylic acids is 1. The first-order chi connectivity index (χ1) is 14.8. The third-order valence-corrected chi connectivity index (χ3v) is 6.01. The van der Waals surface area contributed by atoms with E-state index in [0.29, 0.717) is 49.4 Å². The summed E-state index contributed by atoms with van der Waals surface area (Å²) in [4.78, 5) is 17.2. The minimum absolute atomic E-state index is 0.0264. The number of ether oxygens (including phenoxy) is 3. The predicted molar refractivity (Wildman–Crippen MR) is 109 cm³/mol. The molecular formula is C20H21N5O4S. The van der Waals surface area contributed by atoms with Crippen molar-refractivity contribution in [3.8, 4) is 28.0 Å². The van der Waals surface area contributed by atoms with Gasteiger partial charge in [-0.25, -0.2) is 0 Å². The van der Waals surface area contributed by atoms with E-state index in [2.05, 4.69) is 15.4 Å². The van der Waals surface area contributed by atoms with Crippen molar-refractivity contribution in [3.63, 3.8) is 0 Å². The van der Waals surface area contributed by atoms with Crippen molar-refractivity contribution in [2.75, 3.05) is 26.4 Å². The van der Waals surface area contributed by atoms with E-state index in [1.165, 1.54) is 0 Å². The summed E-state index contributed by atoms with van der Waals surface area (Å²) >= 11 is 1.57. The Kier molecular flexibility index (Phi) is 5.22. The molecule has 3 aromatic rings. The van der Waals surface area contributed by atoms with E-state index in [1.807, 2.05) is 22.4 Å². The molecule has 0 saturated carbocycles. The van der Waals surface area contributed by atoms with Gasteiger partial charge in [-0.3, -0.25) is 4.79 Å². The summed E-state index contributed by atoms with van der Waals surface area (Å²) in [5.41, 5.74) is 0. The third kappa shape index (κ3) is 3.95. The van der Waals surface area contributed by atoms with Crippen LogP contribution in [-0.4, -0.2) is 63.4 Å². The van der Waals surface area contributed by atoms with Gasteiger partial charge >= 0.3 is 0 Å². The number of hydrogen-bond acceptors (Lipinski definition) is 8. The number of carbonyl (C=O) groups is 1. The molecule has 156 valence electrons. The van der Waals surface area contributed by atoms with Crippen LogP contribution in [0.4, 0.5) is 0 Å². The van der Waals surface area contributed by atoms with Gasteiger partial charge in [0.1, 0.15) is 19.0 Å². The summed E-state index contributed by atoms with van der Waals surface area (Å²) in [6.07, 6.45) is 1.86. The zero-order valence-corrected chi connectivity index (χ0v) is 17.1. The van der Waals surface area contributed by atoms with Crippen LogP contribution in [0.15, 0.2) is 35.7 Å². The van der Waals surface area contributed by atoms with Crippen molar-refractivity contribution in [2.24, 2.45) is 0 Å². The van der Waals surface area contributed by atoms with E-state index >= 15 is 0 Å². The molecule has 5 rings (SSSR count). The van der Waals surface area contributed by atoms with Gasteiger partial charge in [0, 0.05) is 12.6 Å². The van der Waals surface area contributed by atoms with Gasteiger partial charge in [-0.2, -0.15) is 4.80 Å². The molecule has 1 saturated heterocycles. The first-order valence-electron chi connectivity index (χ1n) is 9.90. The minimum atomic E-state index is -0.0500. The molecule has 0 N–H and O–H groups in total. The van der Waals surface area contributed by atoms with Crippen molar-refractivity contribution in [3.05, 3.63) is 35.7 Å². The van der Waals surface area contributed by atoms with Crippen molar-refractivity contribution < 1.29 is 19.0 Å². The molecule has 1 fully saturated rings. The maximum absolute atomic E-state index is 12.8. The number of nitrogens with zero attached hydrogens (tertiary/aromatic N) is 5. The highest BCUT2D eigenvalue weighted by Gasteiger charge is 2.30. The van der Waals surface area contributed by atoms with Crippen molar-refractivity contribution in [2.45, 2.75) is 25.4 Å². The Bertz CT molecular complexity index is 1020. The van der Waals surface area contributed by atoms with Crippen molar-refractivity contribution in [1.29, 1.82) is 0 Å². The number of aromatic nitrogens is 4. The van der Waals surface area contributed by atoms with Gasteiger partial charge < -0.3 is 19.1 Å². The van der Waals surface area contributed by atoms with Gasteiger partial charge in [-0.05, 0) is 41.6 Å². The van der Waals surface area contributed by atoms with Crippen LogP contribution in [0, 0.1) is 0 Å². The van der Waals surface area contributed by atoms with E-state index in [1.54, 1.807) is 34.3 Å². The average Bonchev–Trinajstić information content (AvgIpc) is 3.54. The lowest BCUT2D eigenvalue weighted by Crippen LogP contribution is -2.41. The number of benzene rings is 1. The van der Waals surface area contributed by atoms with Crippen LogP contribution in [0.3, 0.4) is 0 Å². The molecule has 1 aromatic carbocycles. The number of fused-ring (bicyclic) bond motifs is 1. The molecule has 0 radical (unpaired) electrons. The molecule has 0 aliphatic carbocycles. The Balaban J connectivity index is 1.19. The lowest BCUT2D eigenvalue weighted by Gasteiger charge is -2.24. The monoisotopic (exact) mass is 427 g/mol. The molecule has 2 aromatic heterocycles. The molecular weight excluding hydrogens is 406 g/mol. The van der Waals surface area contributed by atoms with Gasteiger partial charge in [-0.15, -0.1) is 21.5 Å². The van der Waals surface area contributed by atoms with Gasteiger partial charge in [-0.1, -0.05) is 6.07 Å². The van der Waals surface area contributed by atoms with Crippen LogP contribution in [0.1, 0.15) is 12.8 Å². The number of rotatable bonds is 6. The topological polar surface area (TPSA) is 91.6 Å². The summed E-state index contributed by atoms with van der Waals surface area (Å²) in [6.45, 7) is 2.25. The number of likely N-dealkylation sites (tertiary alicyclic amines) is 1. The van der Waals surface area contributed by atoms with Crippen LogP contribution >= 0.6 is 11.3 Å². The highest BCUT2D eigenvalue weighted by Crippen LogP contribution is 2.33. The quantitative estimate of drug-likeness (QED) is 0.596. The van der Waals surface area contributed by atoms with Crippen LogP contribution < -0.4 is 14.2 Å². The SMILES string of the molecule is O=C(COc1ccc2c(c1)OCCO2)N1CCC[C@@H]1Cn1nnc(-c2cccs2)n1. The highest BCUT2D eigenvalue weighted by molar-refractivity contribution is 7.13. The number of tetrazole rings is 1. The highest BCUT2D eigenvalue weighted by atomic mass is 32.1. The molecule has 9 nitrogen and oxygen atoms in total. The number of thiophene rings is 1. The zero-order chi connectivity index (χ0) is 20.3. The second kappa shape index (κ2) is 8.31. The maximum atomic E-state index is 12.8. The normalized spacial score (nSPS) is 17.9. The second-order valence-electron chi connectivity index (χ2n) is 7.12. The molecule has 2 aliphatic rings. The summed E-state index contributed by atoms with van der Waals surface area (Å²) in [5, 5.41) is 14.7. The van der Waals surface area contributed by atoms with E-state index in [9.17, 15) is 4.79 Å². The Morgan fingerprint density at radius 3 is 3.00 bits per heavy atom. The smallest absolute Gasteiger partial charge is 0.260 e. The molecule has 0 spiro atoms. The fourth-order valence-corrected chi connectivity index (χ4v) is 4.36. The molecule has 30 heavy (non-hydrogen) atoms. The van der Waals surface area contributed by atoms with E-state index in [-0.39, 0.29) is 18.6 Å². The predicted octanol–water partition coefficient (Wildman–Crippen LogP) is 2.24. The van der Waals surface area contributed by atoms with E-state index in [4.69, 9.17) is 14.2 Å². The minimum Gasteiger partial charge on any atom is -0.486 e. The standard InChI is InChI=1S/C20H21N5O4S/c26-19(13-29-15-5-6-16-17(11-15)28-9-8-27-16)24-7-1-3-14(24)12-25-22-20(21-23-25)18-4-2-10-30-18/h2,4-6,10-11,14H,1,3,7-9,12-13H2/t14-/m1/s1. The molecule has 1 amide bonds. The van der Waals surface area contributed by atoms with Crippen LogP contribution in [0.2, 0.25) is 0 Å².